The first-order valence-corrected chi connectivity index (χ1v) is 7.46. The average Bonchev–Trinajstić information content (AvgIpc) is 2.44. The largest absolute Gasteiger partial charge is 1.00 e. The number of halogens is 2. The summed E-state index contributed by atoms with van der Waals surface area (Å²) < 4.78 is 4.21. The molecule has 0 radical (unpaired) electrons. The molecule has 0 N–H and O–H groups in total. The van der Waals surface area contributed by atoms with Crippen LogP contribution in [0.1, 0.15) is 39.5 Å². The van der Waals surface area contributed by atoms with Crippen LogP contribution in [-0.4, -0.2) is 17.5 Å². The molecule has 0 saturated heterocycles. The minimum atomic E-state index is -0.0372. The predicted octanol–water partition coefficient (Wildman–Crippen LogP) is -2.65. The SMILES string of the molecule is CC1=[C]([Ti+2][N](C)C)C2=C(CCCC2)C1C.[Cl-].[Cl-]. The normalized spacial score (nSPS) is 23.0. The van der Waals surface area contributed by atoms with Crippen LogP contribution in [0.3, 0.4) is 0 Å². The zero-order valence-electron chi connectivity index (χ0n) is 11.1. The van der Waals surface area contributed by atoms with E-state index in [1.165, 1.54) is 25.7 Å². The Bertz CT molecular complexity index is 334. The first-order valence-electron chi connectivity index (χ1n) is 5.98. The molecule has 1 atom stereocenters. The Balaban J connectivity index is 0.00000128. The standard InChI is InChI=1S/C11H15.C2H6N.2ClH.Ti/c1-8-7-10-5-3-4-6-11(10)9(8)2;1-3-2;;;/h9H,3-6H2,1-2H3;1-2H3;2*1H;/q;-1;;;+3/p-2. The fourth-order valence-corrected chi connectivity index (χ4v) is 4.76. The maximum Gasteiger partial charge on any atom is -1.00 e. The molecule has 4 heteroatoms. The van der Waals surface area contributed by atoms with E-state index in [9.17, 15) is 0 Å². The first kappa shape index (κ1) is 17.7. The summed E-state index contributed by atoms with van der Waals surface area (Å²) in [6, 6.07) is 0. The van der Waals surface area contributed by atoms with Crippen LogP contribution in [0.2, 0.25) is 0 Å². The second kappa shape index (κ2) is 7.35. The van der Waals surface area contributed by atoms with Crippen molar-refractivity contribution in [1.29, 1.82) is 0 Å². The molecule has 0 aromatic rings. The van der Waals surface area contributed by atoms with Gasteiger partial charge >= 0.3 is 103 Å². The van der Waals surface area contributed by atoms with Crippen LogP contribution in [0.25, 0.3) is 0 Å². The van der Waals surface area contributed by atoms with Crippen molar-refractivity contribution < 1.29 is 44.2 Å². The van der Waals surface area contributed by atoms with Gasteiger partial charge in [0, 0.05) is 0 Å². The van der Waals surface area contributed by atoms with Crippen LogP contribution in [0, 0.1) is 5.92 Å². The van der Waals surface area contributed by atoms with Gasteiger partial charge in [0.15, 0.2) is 0 Å². The maximum atomic E-state index is 2.43. The van der Waals surface area contributed by atoms with Crippen molar-refractivity contribution in [2.45, 2.75) is 39.5 Å². The number of allylic oxidation sites excluding steroid dienone is 4. The molecule has 2 rings (SSSR count). The van der Waals surface area contributed by atoms with Crippen molar-refractivity contribution in [3.63, 3.8) is 0 Å². The van der Waals surface area contributed by atoms with Gasteiger partial charge in [-0.25, -0.2) is 0 Å². The van der Waals surface area contributed by atoms with Crippen molar-refractivity contribution in [2.24, 2.45) is 5.92 Å². The van der Waals surface area contributed by atoms with Crippen LogP contribution in [0.5, 0.6) is 0 Å². The third-order valence-corrected chi connectivity index (χ3v) is 5.85. The molecule has 0 saturated carbocycles. The Morgan fingerprint density at radius 2 is 1.71 bits per heavy atom. The molecule has 0 heterocycles. The number of hydrogen-bond acceptors (Lipinski definition) is 1. The minimum Gasteiger partial charge on any atom is -1.00 e. The molecule has 0 aromatic heterocycles. The molecule has 17 heavy (non-hydrogen) atoms. The molecule has 0 aromatic carbocycles. The summed E-state index contributed by atoms with van der Waals surface area (Å²) in [6.45, 7) is 4.77. The summed E-state index contributed by atoms with van der Waals surface area (Å²) in [6.07, 6.45) is 5.58. The molecule has 96 valence electrons. The fraction of sp³-hybridized carbons (Fsp3) is 0.692. The van der Waals surface area contributed by atoms with E-state index in [4.69, 9.17) is 0 Å². The topological polar surface area (TPSA) is 3.24 Å². The summed E-state index contributed by atoms with van der Waals surface area (Å²) in [7, 11) is 4.46. The summed E-state index contributed by atoms with van der Waals surface area (Å²) >= 11 is -0.0372. The molecular formula is C13H21Cl2NTi. The zero-order valence-corrected chi connectivity index (χ0v) is 14.2. The van der Waals surface area contributed by atoms with E-state index < -0.39 is 0 Å². The van der Waals surface area contributed by atoms with Crippen LogP contribution < -0.4 is 24.8 Å². The van der Waals surface area contributed by atoms with Crippen molar-refractivity contribution in [3.05, 3.63) is 20.6 Å². The third-order valence-electron chi connectivity index (χ3n) is 3.71. The Labute approximate surface area is 127 Å². The first-order chi connectivity index (χ1) is 7.11. The molecule has 0 amide bonds. The smallest absolute Gasteiger partial charge is 1.00 e. The molecule has 0 fully saturated rings. The van der Waals surface area contributed by atoms with Gasteiger partial charge in [0.25, 0.3) is 0 Å². The van der Waals surface area contributed by atoms with Crippen LogP contribution in [0.4, 0.5) is 0 Å². The van der Waals surface area contributed by atoms with Gasteiger partial charge in [-0.1, -0.05) is 0 Å². The average molecular weight is 310 g/mol. The molecule has 1 nitrogen and oxygen atoms in total. The molecule has 0 spiro atoms. The summed E-state index contributed by atoms with van der Waals surface area (Å²) in [5.74, 6) is 0.763. The van der Waals surface area contributed by atoms with Crippen molar-refractivity contribution >= 4 is 0 Å². The van der Waals surface area contributed by atoms with Crippen molar-refractivity contribution in [3.8, 4) is 0 Å². The van der Waals surface area contributed by atoms with Crippen LogP contribution in [-0.2, 0) is 19.4 Å². The Kier molecular flexibility index (Phi) is 7.67. The molecule has 0 aliphatic heterocycles. The predicted molar refractivity (Wildman–Crippen MR) is 61.0 cm³/mol. The van der Waals surface area contributed by atoms with Gasteiger partial charge < -0.3 is 24.8 Å². The van der Waals surface area contributed by atoms with E-state index in [0.717, 1.165) is 5.92 Å². The van der Waals surface area contributed by atoms with E-state index in [2.05, 4.69) is 31.3 Å². The van der Waals surface area contributed by atoms with Crippen molar-refractivity contribution in [1.82, 2.24) is 3.38 Å². The van der Waals surface area contributed by atoms with Gasteiger partial charge in [-0.2, -0.15) is 0 Å². The number of rotatable bonds is 2. The summed E-state index contributed by atoms with van der Waals surface area (Å²) in [5, 5.41) is 0. The summed E-state index contributed by atoms with van der Waals surface area (Å²) in [4.78, 5) is 0. The Morgan fingerprint density at radius 3 is 2.29 bits per heavy atom. The monoisotopic (exact) mass is 309 g/mol. The molecular weight excluding hydrogens is 289 g/mol. The second-order valence-electron chi connectivity index (χ2n) is 5.00. The number of nitrogens with zero attached hydrogens (tertiary/aromatic N) is 1. The van der Waals surface area contributed by atoms with E-state index in [-0.39, 0.29) is 44.2 Å². The van der Waals surface area contributed by atoms with Crippen molar-refractivity contribution in [2.75, 3.05) is 14.1 Å². The zero-order chi connectivity index (χ0) is 11.0. The molecule has 2 aliphatic rings. The molecule has 2 aliphatic carbocycles. The van der Waals surface area contributed by atoms with E-state index in [1.54, 1.807) is 20.6 Å². The second-order valence-corrected chi connectivity index (χ2v) is 7.52. The Morgan fingerprint density at radius 1 is 1.12 bits per heavy atom. The van der Waals surface area contributed by atoms with Crippen LogP contribution >= 0.6 is 0 Å². The van der Waals surface area contributed by atoms with Gasteiger partial charge in [-0.15, -0.1) is 0 Å². The number of hydrogen-bond donors (Lipinski definition) is 0. The summed E-state index contributed by atoms with van der Waals surface area (Å²) in [5.41, 5.74) is 5.26. The maximum absolute atomic E-state index is 2.43. The van der Waals surface area contributed by atoms with Gasteiger partial charge in [-0.3, -0.25) is 0 Å². The quantitative estimate of drug-likeness (QED) is 0.504. The third kappa shape index (κ3) is 3.61. The van der Waals surface area contributed by atoms with Gasteiger partial charge in [0.2, 0.25) is 0 Å². The Hall–Kier alpha value is 0.734. The van der Waals surface area contributed by atoms with Gasteiger partial charge in [-0.05, 0) is 0 Å². The molecule has 0 bridgehead atoms. The van der Waals surface area contributed by atoms with E-state index in [0.29, 0.717) is 0 Å². The van der Waals surface area contributed by atoms with E-state index in [1.807, 2.05) is 0 Å². The van der Waals surface area contributed by atoms with E-state index >= 15 is 0 Å². The van der Waals surface area contributed by atoms with Gasteiger partial charge in [0.05, 0.1) is 0 Å². The van der Waals surface area contributed by atoms with Gasteiger partial charge in [0.1, 0.15) is 0 Å². The van der Waals surface area contributed by atoms with Crippen LogP contribution in [0.15, 0.2) is 20.6 Å². The minimum absolute atomic E-state index is 0. The molecule has 1 unspecified atom stereocenters. The fourth-order valence-electron chi connectivity index (χ4n) is 2.79.